The van der Waals surface area contributed by atoms with Crippen molar-refractivity contribution < 1.29 is 29.7 Å². The van der Waals surface area contributed by atoms with Crippen molar-refractivity contribution in [1.29, 1.82) is 0 Å². The molecule has 1 unspecified atom stereocenters. The van der Waals surface area contributed by atoms with E-state index in [2.05, 4.69) is 0 Å². The van der Waals surface area contributed by atoms with Crippen LogP contribution in [-0.4, -0.2) is 5.97 Å². The maximum Gasteiger partial charge on any atom is 0.305 e. The van der Waals surface area contributed by atoms with Crippen molar-refractivity contribution in [1.82, 2.24) is 0 Å². The van der Waals surface area contributed by atoms with E-state index in [1.165, 1.54) is 6.92 Å². The minimum Gasteiger partial charge on any atom is -0.443 e. The normalized spacial score (nSPS) is 9.69. The van der Waals surface area contributed by atoms with E-state index in [4.69, 9.17) is 4.52 Å². The molecule has 0 aliphatic carbocycles. The Kier molecular flexibility index (Phi) is 6.16. The molecule has 0 bridgehead atoms. The SMILES string of the molecule is CC(=O)OPc1ccccc1C.[Pd]. The van der Waals surface area contributed by atoms with Crippen molar-refractivity contribution in [2.75, 3.05) is 0 Å². The van der Waals surface area contributed by atoms with E-state index in [1.807, 2.05) is 31.2 Å². The Labute approximate surface area is 93.6 Å². The van der Waals surface area contributed by atoms with Gasteiger partial charge in [-0.25, -0.2) is 0 Å². The summed E-state index contributed by atoms with van der Waals surface area (Å²) >= 11 is 0. The second-order valence-corrected chi connectivity index (χ2v) is 3.46. The van der Waals surface area contributed by atoms with Crippen LogP contribution in [0, 0.1) is 6.92 Å². The third kappa shape index (κ3) is 4.53. The quantitative estimate of drug-likeness (QED) is 0.612. The van der Waals surface area contributed by atoms with Crippen LogP contribution in [0.3, 0.4) is 0 Å². The first-order valence-corrected chi connectivity index (χ1v) is 4.60. The zero-order valence-corrected chi connectivity index (χ0v) is 10.00. The fourth-order valence-corrected chi connectivity index (χ4v) is 1.48. The molecule has 0 aliphatic rings. The molecule has 0 saturated heterocycles. The van der Waals surface area contributed by atoms with Crippen LogP contribution >= 0.6 is 8.81 Å². The fraction of sp³-hybridized carbons (Fsp3) is 0.222. The maximum absolute atomic E-state index is 10.5. The van der Waals surface area contributed by atoms with Crippen LogP contribution in [0.5, 0.6) is 0 Å². The molecule has 1 atom stereocenters. The van der Waals surface area contributed by atoms with Gasteiger partial charge in [-0.2, -0.15) is 0 Å². The summed E-state index contributed by atoms with van der Waals surface area (Å²) in [6, 6.07) is 7.89. The van der Waals surface area contributed by atoms with Gasteiger partial charge in [-0.15, -0.1) is 0 Å². The number of aryl methyl sites for hydroxylation is 1. The Morgan fingerprint density at radius 1 is 1.38 bits per heavy atom. The van der Waals surface area contributed by atoms with Gasteiger partial charge in [-0.05, 0) is 12.5 Å². The van der Waals surface area contributed by atoms with Crippen molar-refractivity contribution in [2.24, 2.45) is 0 Å². The van der Waals surface area contributed by atoms with Gasteiger partial charge in [-0.3, -0.25) is 4.79 Å². The van der Waals surface area contributed by atoms with Gasteiger partial charge in [0.2, 0.25) is 0 Å². The summed E-state index contributed by atoms with van der Waals surface area (Å²) in [7, 11) is 0.134. The summed E-state index contributed by atoms with van der Waals surface area (Å²) in [5.74, 6) is -0.225. The van der Waals surface area contributed by atoms with Crippen LogP contribution in [0.4, 0.5) is 0 Å². The second kappa shape index (κ2) is 6.27. The minimum atomic E-state index is -0.225. The van der Waals surface area contributed by atoms with E-state index < -0.39 is 0 Å². The first kappa shape index (κ1) is 12.8. The van der Waals surface area contributed by atoms with Crippen molar-refractivity contribution in [3.8, 4) is 0 Å². The van der Waals surface area contributed by atoms with Gasteiger partial charge < -0.3 is 4.52 Å². The molecule has 2 nitrogen and oxygen atoms in total. The van der Waals surface area contributed by atoms with Gasteiger partial charge in [0.1, 0.15) is 8.81 Å². The molecular formula is C9H11O2PPd. The van der Waals surface area contributed by atoms with Gasteiger partial charge in [0, 0.05) is 32.7 Å². The van der Waals surface area contributed by atoms with Gasteiger partial charge in [-0.1, -0.05) is 24.3 Å². The van der Waals surface area contributed by atoms with Crippen molar-refractivity contribution >= 4 is 20.1 Å². The predicted octanol–water partition coefficient (Wildman–Crippen LogP) is 1.77. The van der Waals surface area contributed by atoms with E-state index in [0.29, 0.717) is 0 Å². The van der Waals surface area contributed by atoms with Crippen LogP contribution in [0.25, 0.3) is 0 Å². The smallest absolute Gasteiger partial charge is 0.305 e. The number of hydrogen-bond donors (Lipinski definition) is 0. The molecule has 4 heteroatoms. The molecule has 0 aromatic heterocycles. The number of carbonyl (C=O) groups is 1. The Balaban J connectivity index is 0.00000144. The molecule has 0 saturated carbocycles. The largest absolute Gasteiger partial charge is 0.443 e. The molecule has 0 fully saturated rings. The van der Waals surface area contributed by atoms with Crippen LogP contribution in [0.15, 0.2) is 24.3 Å². The average molecular weight is 289 g/mol. The van der Waals surface area contributed by atoms with Gasteiger partial charge in [0.25, 0.3) is 0 Å². The van der Waals surface area contributed by atoms with E-state index in [0.717, 1.165) is 10.9 Å². The number of rotatable bonds is 2. The van der Waals surface area contributed by atoms with E-state index in [-0.39, 0.29) is 35.2 Å². The summed E-state index contributed by atoms with van der Waals surface area (Å²) < 4.78 is 4.90. The number of carbonyl (C=O) groups excluding carboxylic acids is 1. The van der Waals surface area contributed by atoms with Gasteiger partial charge in [0.15, 0.2) is 0 Å². The number of hydrogen-bond acceptors (Lipinski definition) is 2. The van der Waals surface area contributed by atoms with E-state index in [1.54, 1.807) is 0 Å². The summed E-state index contributed by atoms with van der Waals surface area (Å²) in [5, 5.41) is 1.09. The first-order chi connectivity index (χ1) is 5.70. The Morgan fingerprint density at radius 2 is 2.00 bits per heavy atom. The van der Waals surface area contributed by atoms with Crippen LogP contribution in [0.1, 0.15) is 12.5 Å². The van der Waals surface area contributed by atoms with Crippen molar-refractivity contribution in [3.05, 3.63) is 29.8 Å². The molecule has 0 spiro atoms. The van der Waals surface area contributed by atoms with Gasteiger partial charge >= 0.3 is 5.97 Å². The molecule has 1 rings (SSSR count). The molecule has 1 aromatic rings. The monoisotopic (exact) mass is 288 g/mol. The molecule has 0 amide bonds. The number of benzene rings is 1. The third-order valence-corrected chi connectivity index (χ3v) is 2.62. The molecule has 0 radical (unpaired) electrons. The Bertz CT molecular complexity index is 289. The molecule has 1 aromatic carbocycles. The van der Waals surface area contributed by atoms with Crippen LogP contribution in [-0.2, 0) is 29.7 Å². The van der Waals surface area contributed by atoms with E-state index >= 15 is 0 Å². The summed E-state index contributed by atoms with van der Waals surface area (Å²) in [5.41, 5.74) is 1.16. The fourth-order valence-electron chi connectivity index (χ4n) is 0.814. The summed E-state index contributed by atoms with van der Waals surface area (Å²) in [6.45, 7) is 3.43. The van der Waals surface area contributed by atoms with Crippen LogP contribution in [0.2, 0.25) is 0 Å². The molecule has 0 heterocycles. The minimum absolute atomic E-state index is 0. The molecule has 74 valence electrons. The Morgan fingerprint density at radius 3 is 2.54 bits per heavy atom. The molecule has 13 heavy (non-hydrogen) atoms. The topological polar surface area (TPSA) is 26.3 Å². The van der Waals surface area contributed by atoms with E-state index in [9.17, 15) is 4.79 Å². The standard InChI is InChI=1S/C9H11O2P.Pd/c1-7-5-3-4-6-9(7)12-11-8(2)10;/h3-6,12H,1-2H3;. The molecular weight excluding hydrogens is 277 g/mol. The van der Waals surface area contributed by atoms with Crippen molar-refractivity contribution in [2.45, 2.75) is 13.8 Å². The summed E-state index contributed by atoms with van der Waals surface area (Å²) in [4.78, 5) is 10.5. The Hall–Kier alpha value is -0.218. The average Bonchev–Trinajstić information content (AvgIpc) is 2.03. The predicted molar refractivity (Wildman–Crippen MR) is 50.9 cm³/mol. The zero-order chi connectivity index (χ0) is 8.97. The third-order valence-electron chi connectivity index (χ3n) is 1.45. The first-order valence-electron chi connectivity index (χ1n) is 3.69. The van der Waals surface area contributed by atoms with Gasteiger partial charge in [0.05, 0.1) is 0 Å². The maximum atomic E-state index is 10.5. The molecule has 0 aliphatic heterocycles. The summed E-state index contributed by atoms with van der Waals surface area (Å²) in [6.07, 6.45) is 0. The van der Waals surface area contributed by atoms with Crippen LogP contribution < -0.4 is 5.30 Å². The second-order valence-electron chi connectivity index (χ2n) is 2.51. The van der Waals surface area contributed by atoms with Crippen molar-refractivity contribution in [3.63, 3.8) is 0 Å². The molecule has 0 N–H and O–H groups in total. The zero-order valence-electron chi connectivity index (χ0n) is 7.44.